The van der Waals surface area contributed by atoms with Crippen LogP contribution < -0.4 is 0 Å². The predicted molar refractivity (Wildman–Crippen MR) is 34.0 cm³/mol. The topological polar surface area (TPSA) is 17.3 Å². The van der Waals surface area contributed by atoms with Gasteiger partial charge in [0.05, 0.1) is 0 Å². The third-order valence-electron chi connectivity index (χ3n) is 1.24. The van der Waals surface area contributed by atoms with Crippen molar-refractivity contribution in [2.24, 2.45) is 0 Å². The van der Waals surface area contributed by atoms with Crippen LogP contribution in [0.2, 0.25) is 0 Å². The molecule has 0 N–H and O–H groups in total. The average molecular weight is 206 g/mol. The summed E-state index contributed by atoms with van der Waals surface area (Å²) in [4.78, 5) is 0. The maximum atomic E-state index is 4.02. The Labute approximate surface area is 84.1 Å². The van der Waals surface area contributed by atoms with E-state index in [2.05, 4.69) is 11.2 Å². The minimum Gasteiger partial charge on any atom is -0.346 e. The Morgan fingerprint density at radius 1 is 1.50 bits per heavy atom. The van der Waals surface area contributed by atoms with Crippen molar-refractivity contribution in [3.8, 4) is 0 Å². The number of hydrogen-bond donors (Lipinski definition) is 0. The molecule has 0 aromatic carbocycles. The van der Waals surface area contributed by atoms with E-state index in [0.717, 1.165) is 5.52 Å². The second-order valence-corrected chi connectivity index (χ2v) is 1.83. The van der Waals surface area contributed by atoms with Crippen molar-refractivity contribution in [2.45, 2.75) is 0 Å². The van der Waals surface area contributed by atoms with Gasteiger partial charge in [-0.05, 0) is 5.52 Å². The Kier molecular flexibility index (Phi) is 2.58. The van der Waals surface area contributed by atoms with E-state index in [-0.39, 0.29) is 32.7 Å². The molecule has 1 radical (unpaired) electrons. The summed E-state index contributed by atoms with van der Waals surface area (Å²) in [6, 6.07) is 8.63. The molecule has 0 aliphatic rings. The van der Waals surface area contributed by atoms with Gasteiger partial charge in [0.2, 0.25) is 0 Å². The van der Waals surface area contributed by atoms with Crippen molar-refractivity contribution in [3.05, 3.63) is 36.7 Å². The van der Waals surface area contributed by atoms with Gasteiger partial charge in [-0.15, -0.1) is 0 Å². The van der Waals surface area contributed by atoms with E-state index < -0.39 is 0 Å². The fraction of sp³-hybridized carbons (Fsp3) is 0. The monoisotopic (exact) mass is 206 g/mol. The molecule has 2 aromatic rings. The van der Waals surface area contributed by atoms with Crippen LogP contribution in [-0.2, 0) is 32.7 Å². The van der Waals surface area contributed by atoms with Crippen LogP contribution in [0.5, 0.6) is 0 Å². The molecule has 0 spiro atoms. The molecule has 0 unspecified atom stereocenters. The van der Waals surface area contributed by atoms with Crippen LogP contribution in [0.3, 0.4) is 0 Å². The van der Waals surface area contributed by atoms with E-state index in [1.807, 2.05) is 24.4 Å². The zero-order chi connectivity index (χ0) is 6.10. The molecule has 47 valence electrons. The molecule has 0 saturated heterocycles. The van der Waals surface area contributed by atoms with Crippen LogP contribution in [0.25, 0.3) is 5.52 Å². The van der Waals surface area contributed by atoms with Gasteiger partial charge in [-0.3, -0.25) is 0 Å². The van der Waals surface area contributed by atoms with Crippen LogP contribution in [0.15, 0.2) is 30.6 Å². The summed E-state index contributed by atoms with van der Waals surface area (Å²) in [6.45, 7) is 0. The van der Waals surface area contributed by atoms with Gasteiger partial charge in [0, 0.05) is 38.9 Å². The smallest absolute Gasteiger partial charge is 0.0354 e. The fourth-order valence-electron chi connectivity index (χ4n) is 0.810. The molecule has 0 bridgehead atoms. The zero-order valence-corrected chi connectivity index (χ0v) is 8.20. The van der Waals surface area contributed by atoms with Crippen molar-refractivity contribution in [2.75, 3.05) is 0 Å². The third-order valence-corrected chi connectivity index (χ3v) is 1.24. The Hall–Kier alpha value is -0.206. The van der Waals surface area contributed by atoms with Crippen LogP contribution in [-0.4, -0.2) is 9.61 Å². The molecule has 2 aromatic heterocycles. The standard InChI is InChI=1S/C7H5N2.Y/c1-2-6-9-7(3-1)4-5-8-9;/h2-6H;/q-1;. The van der Waals surface area contributed by atoms with E-state index >= 15 is 0 Å². The van der Waals surface area contributed by atoms with Crippen LogP contribution >= 0.6 is 0 Å². The Bertz CT molecular complexity index is 286. The minimum absolute atomic E-state index is 0. The molecule has 0 aliphatic heterocycles. The molecule has 2 heterocycles. The Balaban J connectivity index is 0.000000500. The predicted octanol–water partition coefficient (Wildman–Crippen LogP) is 1.13. The summed E-state index contributed by atoms with van der Waals surface area (Å²) in [5, 5.41) is 4.02. The molecule has 0 saturated carbocycles. The molecule has 0 atom stereocenters. The molecule has 0 fully saturated rings. The van der Waals surface area contributed by atoms with E-state index in [4.69, 9.17) is 0 Å². The number of nitrogens with zero attached hydrogens (tertiary/aromatic N) is 2. The first kappa shape index (κ1) is 7.90. The van der Waals surface area contributed by atoms with Crippen LogP contribution in [0.4, 0.5) is 0 Å². The molecule has 3 heteroatoms. The Morgan fingerprint density at radius 3 is 3.20 bits per heavy atom. The summed E-state index contributed by atoms with van der Waals surface area (Å²) in [7, 11) is 0. The van der Waals surface area contributed by atoms with Crippen molar-refractivity contribution in [1.29, 1.82) is 0 Å². The molecular weight excluding hydrogens is 201 g/mol. The van der Waals surface area contributed by atoms with Gasteiger partial charge in [-0.1, -0.05) is 12.3 Å². The third kappa shape index (κ3) is 1.28. The van der Waals surface area contributed by atoms with Crippen LogP contribution in [0, 0.1) is 6.07 Å². The molecule has 0 amide bonds. The summed E-state index contributed by atoms with van der Waals surface area (Å²) in [5.74, 6) is 0. The molecule has 2 rings (SSSR count). The minimum atomic E-state index is 0. The van der Waals surface area contributed by atoms with Gasteiger partial charge in [-0.2, -0.15) is 18.2 Å². The average Bonchev–Trinajstić information content (AvgIpc) is 2.33. The van der Waals surface area contributed by atoms with Crippen molar-refractivity contribution in [1.82, 2.24) is 9.61 Å². The number of aromatic nitrogens is 2. The fourth-order valence-corrected chi connectivity index (χ4v) is 0.810. The van der Waals surface area contributed by atoms with Crippen molar-refractivity contribution >= 4 is 5.52 Å². The number of rotatable bonds is 0. The maximum Gasteiger partial charge on any atom is 0.0354 e. The van der Waals surface area contributed by atoms with Gasteiger partial charge in [0.15, 0.2) is 0 Å². The second kappa shape index (κ2) is 3.26. The summed E-state index contributed by atoms with van der Waals surface area (Å²) < 4.78 is 1.80. The first-order valence-corrected chi connectivity index (χ1v) is 2.76. The molecular formula is C7H5N2Y-. The summed E-state index contributed by atoms with van der Waals surface area (Å²) in [6.07, 6.45) is 3.64. The van der Waals surface area contributed by atoms with Crippen molar-refractivity contribution in [3.63, 3.8) is 0 Å². The second-order valence-electron chi connectivity index (χ2n) is 1.83. The first-order chi connectivity index (χ1) is 4.47. The number of fused-ring (bicyclic) bond motifs is 1. The number of hydrogen-bond acceptors (Lipinski definition) is 1. The van der Waals surface area contributed by atoms with Gasteiger partial charge in [0.25, 0.3) is 0 Å². The molecule has 10 heavy (non-hydrogen) atoms. The zero-order valence-electron chi connectivity index (χ0n) is 5.36. The molecule has 0 aliphatic carbocycles. The van der Waals surface area contributed by atoms with Gasteiger partial charge in [-0.25, -0.2) is 5.10 Å². The van der Waals surface area contributed by atoms with Crippen molar-refractivity contribution < 1.29 is 32.7 Å². The normalized spacial score (nSPS) is 9.20. The number of pyridine rings is 1. The maximum absolute atomic E-state index is 4.02. The van der Waals surface area contributed by atoms with Gasteiger partial charge >= 0.3 is 0 Å². The summed E-state index contributed by atoms with van der Waals surface area (Å²) >= 11 is 0. The Morgan fingerprint density at radius 2 is 2.40 bits per heavy atom. The van der Waals surface area contributed by atoms with Crippen LogP contribution in [0.1, 0.15) is 0 Å². The van der Waals surface area contributed by atoms with Gasteiger partial charge < -0.3 is 4.52 Å². The van der Waals surface area contributed by atoms with E-state index in [0.29, 0.717) is 0 Å². The largest absolute Gasteiger partial charge is 0.346 e. The van der Waals surface area contributed by atoms with E-state index in [1.165, 1.54) is 0 Å². The van der Waals surface area contributed by atoms with E-state index in [9.17, 15) is 0 Å². The quantitative estimate of drug-likeness (QED) is 0.590. The van der Waals surface area contributed by atoms with E-state index in [1.54, 1.807) is 10.7 Å². The first-order valence-electron chi connectivity index (χ1n) is 2.76. The van der Waals surface area contributed by atoms with Gasteiger partial charge in [0.1, 0.15) is 0 Å². The summed E-state index contributed by atoms with van der Waals surface area (Å²) in [5.41, 5.74) is 1.08. The SMILES string of the molecule is [Y].[c-]1ccn2nccc2c1. The molecule has 2 nitrogen and oxygen atoms in total.